The molecule has 0 aliphatic carbocycles. The first-order chi connectivity index (χ1) is 16.9. The van der Waals surface area contributed by atoms with Crippen molar-refractivity contribution in [2.45, 2.75) is 6.42 Å². The molecule has 35 heavy (non-hydrogen) atoms. The molecule has 7 nitrogen and oxygen atoms in total. The van der Waals surface area contributed by atoms with E-state index in [0.717, 1.165) is 10.6 Å². The molecule has 0 bridgehead atoms. The van der Waals surface area contributed by atoms with Gasteiger partial charge in [-0.3, -0.25) is 14.9 Å². The molecule has 1 N–H and O–H groups in total. The van der Waals surface area contributed by atoms with Gasteiger partial charge in [0.15, 0.2) is 0 Å². The van der Waals surface area contributed by atoms with Gasteiger partial charge in [0, 0.05) is 16.5 Å². The molecule has 0 atom stereocenters. The molecule has 0 aromatic heterocycles. The van der Waals surface area contributed by atoms with Crippen molar-refractivity contribution in [2.75, 3.05) is 18.1 Å². The van der Waals surface area contributed by atoms with E-state index >= 15 is 0 Å². The Balaban J connectivity index is 1.35. The van der Waals surface area contributed by atoms with E-state index in [0.29, 0.717) is 46.7 Å². The predicted octanol–water partition coefficient (Wildman–Crippen LogP) is 5.51. The fourth-order valence-corrected chi connectivity index (χ4v) is 3.53. The van der Waals surface area contributed by atoms with Gasteiger partial charge in [-0.05, 0) is 72.3 Å². The normalized spacial score (nSPS) is 14.7. The van der Waals surface area contributed by atoms with Crippen LogP contribution in [0.25, 0.3) is 6.08 Å². The maximum Gasteiger partial charge on any atom is 0.335 e. The number of carbonyl (C=O) groups excluding carboxylic acids is 3. The van der Waals surface area contributed by atoms with Crippen LogP contribution in [0.4, 0.5) is 10.5 Å². The van der Waals surface area contributed by atoms with Crippen LogP contribution < -0.4 is 19.7 Å². The molecule has 0 unspecified atom stereocenters. The van der Waals surface area contributed by atoms with E-state index in [-0.39, 0.29) is 5.57 Å². The zero-order valence-corrected chi connectivity index (χ0v) is 19.9. The number of rotatable bonds is 8. The third kappa shape index (κ3) is 6.20. The van der Waals surface area contributed by atoms with Crippen molar-refractivity contribution in [1.29, 1.82) is 0 Å². The van der Waals surface area contributed by atoms with Gasteiger partial charge < -0.3 is 9.47 Å². The summed E-state index contributed by atoms with van der Waals surface area (Å²) in [5, 5.41) is 3.31. The van der Waals surface area contributed by atoms with Gasteiger partial charge in [0.2, 0.25) is 0 Å². The Morgan fingerprint density at radius 3 is 1.83 bits per heavy atom. The number of barbiturate groups is 1. The van der Waals surface area contributed by atoms with Crippen molar-refractivity contribution in [3.05, 3.63) is 94.0 Å². The number of amides is 4. The van der Waals surface area contributed by atoms with Gasteiger partial charge in [0.05, 0.1) is 18.9 Å². The largest absolute Gasteiger partial charge is 0.493 e. The summed E-state index contributed by atoms with van der Waals surface area (Å²) in [5.74, 6) is -0.103. The topological polar surface area (TPSA) is 84.9 Å². The van der Waals surface area contributed by atoms with Gasteiger partial charge in [-0.1, -0.05) is 35.3 Å². The third-order valence-electron chi connectivity index (χ3n) is 5.02. The summed E-state index contributed by atoms with van der Waals surface area (Å²) in [4.78, 5) is 38.4. The van der Waals surface area contributed by atoms with Crippen LogP contribution >= 0.6 is 23.2 Å². The van der Waals surface area contributed by atoms with Gasteiger partial charge in [-0.25, -0.2) is 9.69 Å². The van der Waals surface area contributed by atoms with Crippen LogP contribution in [0.3, 0.4) is 0 Å². The van der Waals surface area contributed by atoms with Crippen molar-refractivity contribution in [3.8, 4) is 11.5 Å². The molecule has 1 saturated heterocycles. The van der Waals surface area contributed by atoms with Gasteiger partial charge >= 0.3 is 6.03 Å². The molecule has 1 fully saturated rings. The average Bonchev–Trinajstić information content (AvgIpc) is 2.84. The first-order valence-corrected chi connectivity index (χ1v) is 11.4. The highest BCUT2D eigenvalue weighted by atomic mass is 35.5. The Morgan fingerprint density at radius 2 is 1.26 bits per heavy atom. The molecule has 4 rings (SSSR count). The number of imide groups is 2. The maximum atomic E-state index is 12.9. The highest BCUT2D eigenvalue weighted by Gasteiger charge is 2.36. The van der Waals surface area contributed by atoms with Crippen LogP contribution in [0.2, 0.25) is 10.0 Å². The van der Waals surface area contributed by atoms with Crippen molar-refractivity contribution < 1.29 is 23.9 Å². The maximum absolute atomic E-state index is 12.9. The number of ether oxygens (including phenoxy) is 2. The average molecular weight is 511 g/mol. The highest BCUT2D eigenvalue weighted by Crippen LogP contribution is 2.24. The lowest BCUT2D eigenvalue weighted by molar-refractivity contribution is -0.122. The van der Waals surface area contributed by atoms with Crippen LogP contribution in [0.1, 0.15) is 12.0 Å². The third-order valence-corrected chi connectivity index (χ3v) is 5.52. The molecule has 1 heterocycles. The zero-order chi connectivity index (χ0) is 24.8. The minimum atomic E-state index is -0.816. The van der Waals surface area contributed by atoms with Crippen LogP contribution in [-0.2, 0) is 9.59 Å². The van der Waals surface area contributed by atoms with Crippen molar-refractivity contribution in [3.63, 3.8) is 0 Å². The molecule has 0 radical (unpaired) electrons. The highest BCUT2D eigenvalue weighted by molar-refractivity contribution is 6.39. The Kier molecular flexibility index (Phi) is 7.70. The van der Waals surface area contributed by atoms with E-state index in [1.54, 1.807) is 60.7 Å². The SMILES string of the molecule is O=C1NC(=O)N(c2ccc(Cl)cc2)C(=O)C1=Cc1ccc(OCCCOc2ccc(Cl)cc2)cc1. The van der Waals surface area contributed by atoms with Crippen molar-refractivity contribution in [2.24, 2.45) is 0 Å². The fraction of sp³-hybridized carbons (Fsp3) is 0.115. The second kappa shape index (κ2) is 11.1. The van der Waals surface area contributed by atoms with Gasteiger partial charge in [0.25, 0.3) is 11.8 Å². The molecule has 0 spiro atoms. The Morgan fingerprint density at radius 1 is 0.743 bits per heavy atom. The van der Waals surface area contributed by atoms with E-state index in [2.05, 4.69) is 5.32 Å². The Bertz CT molecular complexity index is 1260. The quantitative estimate of drug-likeness (QED) is 0.245. The van der Waals surface area contributed by atoms with Crippen LogP contribution in [0, 0.1) is 0 Å². The molecular weight excluding hydrogens is 491 g/mol. The number of nitrogens with one attached hydrogen (secondary N) is 1. The molecule has 1 aliphatic heterocycles. The monoisotopic (exact) mass is 510 g/mol. The summed E-state index contributed by atoms with van der Waals surface area (Å²) < 4.78 is 11.3. The molecule has 178 valence electrons. The molecule has 9 heteroatoms. The summed E-state index contributed by atoms with van der Waals surface area (Å²) in [6, 6.07) is 19.4. The fourth-order valence-electron chi connectivity index (χ4n) is 3.28. The van der Waals surface area contributed by atoms with E-state index in [1.165, 1.54) is 18.2 Å². The lowest BCUT2D eigenvalue weighted by atomic mass is 10.1. The lowest BCUT2D eigenvalue weighted by Crippen LogP contribution is -2.54. The molecular formula is C26H20Cl2N2O5. The smallest absolute Gasteiger partial charge is 0.335 e. The summed E-state index contributed by atoms with van der Waals surface area (Å²) >= 11 is 11.7. The standard InChI is InChI=1S/C26H20Cl2N2O5/c27-18-4-8-20(9-5-18)30-25(32)23(24(31)29-26(30)33)16-17-2-10-21(11-3-17)34-14-1-15-35-22-12-6-19(28)7-13-22/h2-13,16H,1,14-15H2,(H,29,31,33). The number of hydrogen-bond acceptors (Lipinski definition) is 5. The Labute approximate surface area is 211 Å². The summed E-state index contributed by atoms with van der Waals surface area (Å²) in [6.07, 6.45) is 2.11. The number of benzene rings is 3. The minimum Gasteiger partial charge on any atom is -0.493 e. The number of nitrogens with zero attached hydrogens (tertiary/aromatic N) is 1. The summed E-state index contributed by atoms with van der Waals surface area (Å²) in [7, 11) is 0. The number of urea groups is 1. The second-order valence-corrected chi connectivity index (χ2v) is 8.38. The second-order valence-electron chi connectivity index (χ2n) is 7.51. The first-order valence-electron chi connectivity index (χ1n) is 10.7. The summed E-state index contributed by atoms with van der Waals surface area (Å²) in [5.41, 5.74) is 0.749. The van der Waals surface area contributed by atoms with Gasteiger partial charge in [-0.2, -0.15) is 0 Å². The molecule has 3 aromatic carbocycles. The van der Waals surface area contributed by atoms with Crippen molar-refractivity contribution >= 4 is 52.8 Å². The number of anilines is 1. The predicted molar refractivity (Wildman–Crippen MR) is 134 cm³/mol. The van der Waals surface area contributed by atoms with Crippen LogP contribution in [-0.4, -0.2) is 31.1 Å². The van der Waals surface area contributed by atoms with E-state index in [4.69, 9.17) is 32.7 Å². The first kappa shape index (κ1) is 24.3. The molecule has 1 aliphatic rings. The lowest BCUT2D eigenvalue weighted by Gasteiger charge is -2.26. The minimum absolute atomic E-state index is 0.160. The Hall–Kier alpha value is -3.81. The number of halogens is 2. The number of carbonyl (C=O) groups is 3. The van der Waals surface area contributed by atoms with Crippen LogP contribution in [0.5, 0.6) is 11.5 Å². The van der Waals surface area contributed by atoms with E-state index < -0.39 is 17.8 Å². The molecule has 3 aromatic rings. The van der Waals surface area contributed by atoms with Gasteiger partial charge in [0.1, 0.15) is 17.1 Å². The summed E-state index contributed by atoms with van der Waals surface area (Å²) in [6.45, 7) is 0.943. The van der Waals surface area contributed by atoms with Crippen molar-refractivity contribution in [1.82, 2.24) is 5.32 Å². The zero-order valence-electron chi connectivity index (χ0n) is 18.4. The number of hydrogen-bond donors (Lipinski definition) is 1. The van der Waals surface area contributed by atoms with E-state index in [1.807, 2.05) is 0 Å². The molecule has 4 amide bonds. The molecule has 0 saturated carbocycles. The van der Waals surface area contributed by atoms with Crippen LogP contribution in [0.15, 0.2) is 78.4 Å². The van der Waals surface area contributed by atoms with Gasteiger partial charge in [-0.15, -0.1) is 0 Å². The van der Waals surface area contributed by atoms with E-state index in [9.17, 15) is 14.4 Å².